The maximum atomic E-state index is 12.1. The van der Waals surface area contributed by atoms with Gasteiger partial charge in [-0.3, -0.25) is 4.79 Å². The highest BCUT2D eigenvalue weighted by Gasteiger charge is 2.15. The number of halogens is 1. The summed E-state index contributed by atoms with van der Waals surface area (Å²) in [6.45, 7) is 2.11. The van der Waals surface area contributed by atoms with Crippen molar-refractivity contribution in [2.45, 2.75) is 39.0 Å². The fourth-order valence-corrected chi connectivity index (χ4v) is 2.21. The number of rotatable bonds is 5. The average molecular weight is 282 g/mol. The smallest absolute Gasteiger partial charge is 0.407 e. The van der Waals surface area contributed by atoms with Gasteiger partial charge in [-0.05, 0) is 24.6 Å². The second-order valence-corrected chi connectivity index (χ2v) is 4.96. The van der Waals surface area contributed by atoms with Gasteiger partial charge in [-0.1, -0.05) is 37.8 Å². The molecule has 0 fully saturated rings. The summed E-state index contributed by atoms with van der Waals surface area (Å²) >= 11 is 5.88. The van der Waals surface area contributed by atoms with Crippen LogP contribution in [0, 0.1) is 0 Å². The molecule has 1 heterocycles. The molecule has 0 aliphatic heterocycles. The van der Waals surface area contributed by atoms with Gasteiger partial charge in [0.25, 0.3) is 0 Å². The minimum Gasteiger partial charge on any atom is -0.407 e. The molecular weight excluding hydrogens is 266 g/mol. The van der Waals surface area contributed by atoms with Crippen LogP contribution in [0.4, 0.5) is 0 Å². The minimum absolute atomic E-state index is 0.234. The van der Waals surface area contributed by atoms with E-state index in [0.29, 0.717) is 22.5 Å². The fourth-order valence-electron chi connectivity index (χ4n) is 2.04. The third kappa shape index (κ3) is 3.07. The Morgan fingerprint density at radius 3 is 2.84 bits per heavy atom. The molecule has 0 atom stereocenters. The third-order valence-corrected chi connectivity index (χ3v) is 3.27. The van der Waals surface area contributed by atoms with E-state index in [9.17, 15) is 9.59 Å². The molecule has 0 radical (unpaired) electrons. The first kappa shape index (κ1) is 13.9. The number of benzene rings is 1. The number of unbranched alkanes of at least 4 members (excludes halogenated alkanes) is 3. The maximum Gasteiger partial charge on any atom is 0.426 e. The van der Waals surface area contributed by atoms with Gasteiger partial charge < -0.3 is 4.42 Å². The Morgan fingerprint density at radius 1 is 1.32 bits per heavy atom. The zero-order chi connectivity index (χ0) is 13.8. The lowest BCUT2D eigenvalue weighted by Gasteiger charge is -2.01. The number of oxazole rings is 1. The van der Waals surface area contributed by atoms with E-state index in [1.165, 1.54) is 0 Å². The molecular formula is C14H16ClNO3. The Bertz CT molecular complexity index is 642. The summed E-state index contributed by atoms with van der Waals surface area (Å²) in [6, 6.07) is 4.80. The van der Waals surface area contributed by atoms with Gasteiger partial charge in [0.2, 0.25) is 5.91 Å². The molecule has 102 valence electrons. The Morgan fingerprint density at radius 2 is 2.11 bits per heavy atom. The molecule has 2 rings (SSSR count). The SMILES string of the molecule is CCCCCCC(=O)n1c(=O)oc2ccc(Cl)cc21. The van der Waals surface area contributed by atoms with Crippen molar-refractivity contribution in [3.63, 3.8) is 0 Å². The van der Waals surface area contributed by atoms with Crippen LogP contribution >= 0.6 is 11.6 Å². The average Bonchev–Trinajstić information content (AvgIpc) is 2.70. The number of nitrogens with zero attached hydrogens (tertiary/aromatic N) is 1. The predicted octanol–water partition coefficient (Wildman–Crippen LogP) is 3.86. The first-order valence-corrected chi connectivity index (χ1v) is 6.85. The lowest BCUT2D eigenvalue weighted by molar-refractivity contribution is 0.0895. The van der Waals surface area contributed by atoms with Crippen LogP contribution in [0.2, 0.25) is 5.02 Å². The third-order valence-electron chi connectivity index (χ3n) is 3.04. The van der Waals surface area contributed by atoms with Crippen LogP contribution in [-0.2, 0) is 0 Å². The molecule has 1 aromatic heterocycles. The topological polar surface area (TPSA) is 52.2 Å². The standard InChI is InChI=1S/C14H16ClNO3/c1-2-3-4-5-6-13(17)16-11-9-10(15)7-8-12(11)19-14(16)18/h7-9H,2-6H2,1H3. The molecule has 0 aliphatic carbocycles. The van der Waals surface area contributed by atoms with Gasteiger partial charge in [0.05, 0.1) is 5.52 Å². The van der Waals surface area contributed by atoms with Crippen LogP contribution in [0.15, 0.2) is 27.4 Å². The second-order valence-electron chi connectivity index (χ2n) is 4.52. The van der Waals surface area contributed by atoms with Gasteiger partial charge in [0.15, 0.2) is 5.58 Å². The van der Waals surface area contributed by atoms with Crippen molar-refractivity contribution >= 4 is 28.6 Å². The molecule has 0 bridgehead atoms. The Labute approximate surface area is 116 Å². The van der Waals surface area contributed by atoms with Gasteiger partial charge in [-0.15, -0.1) is 0 Å². The van der Waals surface area contributed by atoms with E-state index in [2.05, 4.69) is 6.92 Å². The van der Waals surface area contributed by atoms with Gasteiger partial charge in [-0.2, -0.15) is 0 Å². The molecule has 0 aliphatic rings. The highest BCUT2D eigenvalue weighted by Crippen LogP contribution is 2.19. The summed E-state index contributed by atoms with van der Waals surface area (Å²) in [4.78, 5) is 23.8. The molecule has 0 spiro atoms. The van der Waals surface area contributed by atoms with E-state index in [0.717, 1.165) is 30.3 Å². The quantitative estimate of drug-likeness (QED) is 0.782. The fraction of sp³-hybridized carbons (Fsp3) is 0.429. The lowest BCUT2D eigenvalue weighted by atomic mass is 10.1. The summed E-state index contributed by atoms with van der Waals surface area (Å²) in [5, 5.41) is 0.473. The van der Waals surface area contributed by atoms with E-state index in [1.54, 1.807) is 18.2 Å². The number of hydrogen-bond donors (Lipinski definition) is 0. The number of carbonyl (C=O) groups is 1. The zero-order valence-corrected chi connectivity index (χ0v) is 11.6. The summed E-state index contributed by atoms with van der Waals surface area (Å²) in [6.07, 6.45) is 4.33. The van der Waals surface area contributed by atoms with Gasteiger partial charge >= 0.3 is 5.76 Å². The molecule has 1 aromatic carbocycles. The first-order chi connectivity index (χ1) is 9.13. The van der Waals surface area contributed by atoms with E-state index in [-0.39, 0.29) is 5.91 Å². The van der Waals surface area contributed by atoms with Crippen molar-refractivity contribution in [3.05, 3.63) is 33.8 Å². The minimum atomic E-state index is -0.641. The molecule has 0 N–H and O–H groups in total. The summed E-state index contributed by atoms with van der Waals surface area (Å²) < 4.78 is 6.11. The zero-order valence-electron chi connectivity index (χ0n) is 10.8. The van der Waals surface area contributed by atoms with Crippen LogP contribution in [-0.4, -0.2) is 10.5 Å². The molecule has 5 heteroatoms. The molecule has 4 nitrogen and oxygen atoms in total. The maximum absolute atomic E-state index is 12.1. The van der Waals surface area contributed by atoms with Crippen molar-refractivity contribution < 1.29 is 9.21 Å². The highest BCUT2D eigenvalue weighted by molar-refractivity contribution is 6.31. The van der Waals surface area contributed by atoms with Gasteiger partial charge in [0, 0.05) is 11.4 Å². The number of carbonyl (C=O) groups excluding carboxylic acids is 1. The van der Waals surface area contributed by atoms with Crippen LogP contribution in [0.1, 0.15) is 43.8 Å². The van der Waals surface area contributed by atoms with Crippen molar-refractivity contribution in [1.29, 1.82) is 0 Å². The number of hydrogen-bond acceptors (Lipinski definition) is 3. The van der Waals surface area contributed by atoms with Crippen molar-refractivity contribution in [2.75, 3.05) is 0 Å². The van der Waals surface area contributed by atoms with Gasteiger partial charge in [-0.25, -0.2) is 9.36 Å². The van der Waals surface area contributed by atoms with Crippen LogP contribution in [0.25, 0.3) is 11.1 Å². The highest BCUT2D eigenvalue weighted by atomic mass is 35.5. The Balaban J connectivity index is 2.23. The first-order valence-electron chi connectivity index (χ1n) is 6.47. The predicted molar refractivity (Wildman–Crippen MR) is 74.9 cm³/mol. The van der Waals surface area contributed by atoms with Crippen molar-refractivity contribution in [1.82, 2.24) is 4.57 Å². The number of fused-ring (bicyclic) bond motifs is 1. The molecule has 2 aromatic rings. The monoisotopic (exact) mass is 281 g/mol. The Kier molecular flexibility index (Phi) is 4.43. The molecule has 0 saturated heterocycles. The molecule has 19 heavy (non-hydrogen) atoms. The van der Waals surface area contributed by atoms with E-state index >= 15 is 0 Å². The number of aromatic nitrogens is 1. The van der Waals surface area contributed by atoms with E-state index in [1.807, 2.05) is 0 Å². The van der Waals surface area contributed by atoms with E-state index < -0.39 is 5.76 Å². The molecule has 0 unspecified atom stereocenters. The largest absolute Gasteiger partial charge is 0.426 e. The van der Waals surface area contributed by atoms with Crippen LogP contribution in [0.3, 0.4) is 0 Å². The van der Waals surface area contributed by atoms with Crippen LogP contribution < -0.4 is 5.76 Å². The van der Waals surface area contributed by atoms with E-state index in [4.69, 9.17) is 16.0 Å². The molecule has 0 saturated carbocycles. The van der Waals surface area contributed by atoms with Crippen molar-refractivity contribution in [3.8, 4) is 0 Å². The normalized spacial score (nSPS) is 11.1. The molecule has 0 amide bonds. The Hall–Kier alpha value is -1.55. The second kappa shape index (κ2) is 6.06. The van der Waals surface area contributed by atoms with Crippen LogP contribution in [0.5, 0.6) is 0 Å². The van der Waals surface area contributed by atoms with Gasteiger partial charge in [0.1, 0.15) is 0 Å². The van der Waals surface area contributed by atoms with Crippen molar-refractivity contribution in [2.24, 2.45) is 0 Å². The summed E-state index contributed by atoms with van der Waals surface area (Å²) in [7, 11) is 0. The summed E-state index contributed by atoms with van der Waals surface area (Å²) in [5.74, 6) is -0.875. The lowest BCUT2D eigenvalue weighted by Crippen LogP contribution is -2.22. The summed E-state index contributed by atoms with van der Waals surface area (Å²) in [5.41, 5.74) is 0.828.